The molecule has 0 aromatic carbocycles. The van der Waals surface area contributed by atoms with Crippen LogP contribution in [0, 0.1) is 11.8 Å². The van der Waals surface area contributed by atoms with Crippen LogP contribution in [0.1, 0.15) is 41.6 Å². The fraction of sp³-hybridized carbons (Fsp3) is 0.500. The molecule has 0 aliphatic rings. The fourth-order valence-electron chi connectivity index (χ4n) is 1.71. The van der Waals surface area contributed by atoms with Crippen molar-refractivity contribution in [3.63, 3.8) is 0 Å². The average Bonchev–Trinajstić information content (AvgIpc) is 2.51. The number of aliphatic hydroxyl groups excluding tert-OH is 1. The Bertz CT molecular complexity index is 495. The molecule has 5 heteroatoms. The number of thioether (sulfide) groups is 1. The molecule has 1 heterocycles. The van der Waals surface area contributed by atoms with E-state index >= 15 is 0 Å². The van der Waals surface area contributed by atoms with Gasteiger partial charge in [-0.1, -0.05) is 18.3 Å². The van der Waals surface area contributed by atoms with Gasteiger partial charge >= 0.3 is 0 Å². The summed E-state index contributed by atoms with van der Waals surface area (Å²) in [5, 5.41) is 11.6. The number of rotatable bonds is 8. The Kier molecular flexibility index (Phi) is 9.34. The molecule has 0 radical (unpaired) electrons. The first-order valence-corrected chi connectivity index (χ1v) is 8.49. The van der Waals surface area contributed by atoms with Crippen molar-refractivity contribution in [2.75, 3.05) is 25.2 Å². The molecule has 1 rings (SSSR count). The second kappa shape index (κ2) is 11.2. The van der Waals surface area contributed by atoms with Crippen LogP contribution in [-0.4, -0.2) is 41.2 Å². The first-order chi connectivity index (χ1) is 10.3. The lowest BCUT2D eigenvalue weighted by molar-refractivity contribution is 0.0952. The Balaban J connectivity index is 2.40. The molecule has 0 bridgehead atoms. The minimum atomic E-state index is -0.113. The quantitative estimate of drug-likeness (QED) is 0.570. The van der Waals surface area contributed by atoms with Gasteiger partial charge in [0.25, 0.3) is 5.91 Å². The van der Waals surface area contributed by atoms with Crippen LogP contribution in [0.2, 0.25) is 0 Å². The number of unbranched alkanes of at least 4 members (excludes halogenated alkanes) is 2. The summed E-state index contributed by atoms with van der Waals surface area (Å²) in [5.41, 5.74) is 1.21. The number of nitrogens with zero attached hydrogens (tertiary/aromatic N) is 1. The van der Waals surface area contributed by atoms with Crippen molar-refractivity contribution in [3.8, 4) is 11.8 Å². The SMILES string of the molecule is CSCCCCCNC(=O)c1cncc(C#CCCO)c1. The van der Waals surface area contributed by atoms with E-state index < -0.39 is 0 Å². The zero-order valence-corrected chi connectivity index (χ0v) is 13.2. The van der Waals surface area contributed by atoms with Gasteiger partial charge in [0.2, 0.25) is 0 Å². The Labute approximate surface area is 130 Å². The van der Waals surface area contributed by atoms with Crippen LogP contribution in [0.25, 0.3) is 0 Å². The first-order valence-electron chi connectivity index (χ1n) is 7.10. The number of carbonyl (C=O) groups is 1. The molecule has 0 atom stereocenters. The monoisotopic (exact) mass is 306 g/mol. The summed E-state index contributed by atoms with van der Waals surface area (Å²) in [6, 6.07) is 1.72. The van der Waals surface area contributed by atoms with Crippen LogP contribution in [-0.2, 0) is 0 Å². The van der Waals surface area contributed by atoms with Gasteiger partial charge in [0.15, 0.2) is 0 Å². The molecule has 1 amide bonds. The van der Waals surface area contributed by atoms with E-state index in [2.05, 4.69) is 28.4 Å². The predicted octanol–water partition coefficient (Wildman–Crippen LogP) is 2.08. The zero-order chi connectivity index (χ0) is 15.3. The molecule has 0 saturated carbocycles. The third kappa shape index (κ3) is 7.74. The molecule has 2 N–H and O–H groups in total. The summed E-state index contributed by atoms with van der Waals surface area (Å²) in [5.74, 6) is 6.75. The maximum Gasteiger partial charge on any atom is 0.252 e. The summed E-state index contributed by atoms with van der Waals surface area (Å²) >= 11 is 1.85. The molecular formula is C16H22N2O2S. The van der Waals surface area contributed by atoms with Crippen molar-refractivity contribution in [1.29, 1.82) is 0 Å². The van der Waals surface area contributed by atoms with Crippen molar-refractivity contribution in [1.82, 2.24) is 10.3 Å². The molecule has 0 unspecified atom stereocenters. The highest BCUT2D eigenvalue weighted by Crippen LogP contribution is 2.03. The van der Waals surface area contributed by atoms with Gasteiger partial charge < -0.3 is 10.4 Å². The summed E-state index contributed by atoms with van der Waals surface area (Å²) in [4.78, 5) is 16.0. The van der Waals surface area contributed by atoms with Crippen molar-refractivity contribution in [2.45, 2.75) is 25.7 Å². The van der Waals surface area contributed by atoms with E-state index in [1.54, 1.807) is 18.5 Å². The van der Waals surface area contributed by atoms with Gasteiger partial charge in [0.05, 0.1) is 12.2 Å². The molecule has 1 aromatic heterocycles. The number of aliphatic hydroxyl groups is 1. The number of hydrogen-bond acceptors (Lipinski definition) is 4. The van der Waals surface area contributed by atoms with E-state index in [1.807, 2.05) is 11.8 Å². The molecule has 0 fully saturated rings. The molecule has 114 valence electrons. The molecule has 21 heavy (non-hydrogen) atoms. The number of hydrogen-bond donors (Lipinski definition) is 2. The van der Waals surface area contributed by atoms with Gasteiger partial charge in [-0.05, 0) is 30.9 Å². The zero-order valence-electron chi connectivity index (χ0n) is 12.4. The molecule has 1 aromatic rings. The van der Waals surface area contributed by atoms with Crippen molar-refractivity contribution >= 4 is 17.7 Å². The Morgan fingerprint density at radius 1 is 1.38 bits per heavy atom. The van der Waals surface area contributed by atoms with Crippen LogP contribution < -0.4 is 5.32 Å². The highest BCUT2D eigenvalue weighted by molar-refractivity contribution is 7.98. The van der Waals surface area contributed by atoms with E-state index in [0.717, 1.165) is 12.8 Å². The van der Waals surface area contributed by atoms with Gasteiger partial charge in [0, 0.05) is 30.9 Å². The van der Waals surface area contributed by atoms with Crippen LogP contribution in [0.4, 0.5) is 0 Å². The standard InChI is InChI=1S/C16H22N2O2S/c1-21-10-6-2-4-8-18-16(20)15-11-14(12-17-13-15)7-3-5-9-19/h11-13,19H,2,4-6,8-10H2,1H3,(H,18,20). The van der Waals surface area contributed by atoms with E-state index in [-0.39, 0.29) is 12.5 Å². The maximum absolute atomic E-state index is 12.0. The van der Waals surface area contributed by atoms with Crippen molar-refractivity contribution in [2.24, 2.45) is 0 Å². The third-order valence-corrected chi connectivity index (χ3v) is 3.48. The van der Waals surface area contributed by atoms with Gasteiger partial charge in [-0.3, -0.25) is 9.78 Å². The van der Waals surface area contributed by atoms with Gasteiger partial charge in [-0.15, -0.1) is 0 Å². The van der Waals surface area contributed by atoms with E-state index in [9.17, 15) is 4.79 Å². The molecular weight excluding hydrogens is 284 g/mol. The number of amides is 1. The molecule has 0 aliphatic carbocycles. The predicted molar refractivity (Wildman–Crippen MR) is 87.4 cm³/mol. The number of pyridine rings is 1. The summed E-state index contributed by atoms with van der Waals surface area (Å²) in [6.45, 7) is 0.727. The minimum Gasteiger partial charge on any atom is -0.395 e. The minimum absolute atomic E-state index is 0.0388. The van der Waals surface area contributed by atoms with E-state index in [0.29, 0.717) is 24.1 Å². The number of nitrogens with one attached hydrogen (secondary N) is 1. The molecule has 0 aliphatic heterocycles. The summed E-state index contributed by atoms with van der Waals surface area (Å²) in [7, 11) is 0. The second-order valence-corrected chi connectivity index (χ2v) is 5.53. The Morgan fingerprint density at radius 2 is 2.24 bits per heavy atom. The van der Waals surface area contributed by atoms with Crippen LogP contribution >= 0.6 is 11.8 Å². The van der Waals surface area contributed by atoms with Crippen molar-refractivity contribution in [3.05, 3.63) is 29.6 Å². The van der Waals surface area contributed by atoms with Crippen LogP contribution in [0.3, 0.4) is 0 Å². The van der Waals surface area contributed by atoms with E-state index in [4.69, 9.17) is 5.11 Å². The lowest BCUT2D eigenvalue weighted by Gasteiger charge is -2.05. The second-order valence-electron chi connectivity index (χ2n) is 4.55. The average molecular weight is 306 g/mol. The number of aromatic nitrogens is 1. The van der Waals surface area contributed by atoms with Gasteiger partial charge in [-0.25, -0.2) is 0 Å². The Morgan fingerprint density at radius 3 is 3.00 bits per heavy atom. The molecule has 4 nitrogen and oxygen atoms in total. The highest BCUT2D eigenvalue weighted by atomic mass is 32.2. The Hall–Kier alpha value is -1.51. The first kappa shape index (κ1) is 17.5. The summed E-state index contributed by atoms with van der Waals surface area (Å²) < 4.78 is 0. The van der Waals surface area contributed by atoms with Gasteiger partial charge in [-0.2, -0.15) is 11.8 Å². The fourth-order valence-corrected chi connectivity index (χ4v) is 2.20. The third-order valence-electron chi connectivity index (χ3n) is 2.78. The van der Waals surface area contributed by atoms with Crippen LogP contribution in [0.15, 0.2) is 18.5 Å². The smallest absolute Gasteiger partial charge is 0.252 e. The van der Waals surface area contributed by atoms with Crippen LogP contribution in [0.5, 0.6) is 0 Å². The largest absolute Gasteiger partial charge is 0.395 e. The van der Waals surface area contributed by atoms with E-state index in [1.165, 1.54) is 12.2 Å². The van der Waals surface area contributed by atoms with Gasteiger partial charge in [0.1, 0.15) is 0 Å². The lowest BCUT2D eigenvalue weighted by Crippen LogP contribution is -2.24. The topological polar surface area (TPSA) is 62.2 Å². The molecule has 0 spiro atoms. The summed E-state index contributed by atoms with van der Waals surface area (Å²) in [6.07, 6.45) is 9.00. The lowest BCUT2D eigenvalue weighted by atomic mass is 10.2. The van der Waals surface area contributed by atoms with Crippen molar-refractivity contribution < 1.29 is 9.90 Å². The number of carbonyl (C=O) groups excluding carboxylic acids is 1. The molecule has 0 saturated heterocycles. The normalized spacial score (nSPS) is 9.81. The maximum atomic E-state index is 12.0. The highest BCUT2D eigenvalue weighted by Gasteiger charge is 2.05.